The third kappa shape index (κ3) is 3.95. The first-order valence-electron chi connectivity index (χ1n) is 6.44. The Morgan fingerprint density at radius 1 is 1.11 bits per heavy atom. The van der Waals surface area contributed by atoms with Gasteiger partial charge in [-0.1, -0.05) is 26.0 Å². The topological polar surface area (TPSA) is 61.0 Å². The maximum absolute atomic E-state index is 5.66. The molecule has 2 N–H and O–H groups in total. The summed E-state index contributed by atoms with van der Waals surface area (Å²) in [6.45, 7) is 4.91. The van der Waals surface area contributed by atoms with Crippen LogP contribution in [0, 0.1) is 0 Å². The van der Waals surface area contributed by atoms with Gasteiger partial charge in [0.2, 0.25) is 0 Å². The van der Waals surface area contributed by atoms with Gasteiger partial charge < -0.3 is 10.5 Å². The zero-order valence-electron chi connectivity index (χ0n) is 11.3. The van der Waals surface area contributed by atoms with E-state index in [1.54, 1.807) is 12.4 Å². The molecule has 0 atom stereocenters. The van der Waals surface area contributed by atoms with Crippen molar-refractivity contribution in [2.45, 2.75) is 26.2 Å². The van der Waals surface area contributed by atoms with Gasteiger partial charge in [0.15, 0.2) is 0 Å². The van der Waals surface area contributed by atoms with Gasteiger partial charge in [-0.3, -0.25) is 0 Å². The fourth-order valence-corrected chi connectivity index (χ4v) is 1.70. The summed E-state index contributed by atoms with van der Waals surface area (Å²) in [4.78, 5) is 8.26. The van der Waals surface area contributed by atoms with Crippen LogP contribution in [0.25, 0.3) is 0 Å². The number of hydrogen-bond acceptors (Lipinski definition) is 4. The summed E-state index contributed by atoms with van der Waals surface area (Å²) in [6, 6.07) is 8.19. The second-order valence-electron chi connectivity index (χ2n) is 4.75. The Morgan fingerprint density at radius 3 is 2.32 bits per heavy atom. The van der Waals surface area contributed by atoms with Gasteiger partial charge in [-0.25, -0.2) is 9.97 Å². The molecule has 0 saturated heterocycles. The minimum atomic E-state index is 0.539. The minimum Gasteiger partial charge on any atom is -0.493 e. The molecule has 2 aromatic rings. The van der Waals surface area contributed by atoms with Crippen LogP contribution in [0.15, 0.2) is 36.7 Å². The first-order valence-corrected chi connectivity index (χ1v) is 6.44. The summed E-state index contributed by atoms with van der Waals surface area (Å²) in [5, 5.41) is 0. The van der Waals surface area contributed by atoms with Crippen molar-refractivity contribution in [2.75, 3.05) is 12.3 Å². The number of aromatic nitrogens is 2. The lowest BCUT2D eigenvalue weighted by Gasteiger charge is -2.08. The van der Waals surface area contributed by atoms with E-state index in [4.69, 9.17) is 10.5 Å². The molecule has 1 aromatic carbocycles. The number of nitrogen functional groups attached to an aromatic ring is 1. The molecule has 2 rings (SSSR count). The van der Waals surface area contributed by atoms with E-state index < -0.39 is 0 Å². The SMILES string of the molecule is CC(C)c1ccc(OCCc2ncc(N)cn2)cc1. The molecule has 1 heterocycles. The summed E-state index contributed by atoms with van der Waals surface area (Å²) in [7, 11) is 0. The van der Waals surface area contributed by atoms with Crippen molar-refractivity contribution in [3.63, 3.8) is 0 Å². The van der Waals surface area contributed by atoms with E-state index in [2.05, 4.69) is 35.9 Å². The minimum absolute atomic E-state index is 0.539. The van der Waals surface area contributed by atoms with Crippen molar-refractivity contribution in [3.05, 3.63) is 48.0 Å². The van der Waals surface area contributed by atoms with E-state index in [1.165, 1.54) is 5.56 Å². The van der Waals surface area contributed by atoms with E-state index in [9.17, 15) is 0 Å². The lowest BCUT2D eigenvalue weighted by molar-refractivity contribution is 0.319. The zero-order valence-corrected chi connectivity index (χ0v) is 11.3. The fourth-order valence-electron chi connectivity index (χ4n) is 1.70. The predicted molar refractivity (Wildman–Crippen MR) is 76.2 cm³/mol. The number of nitrogens with zero attached hydrogens (tertiary/aromatic N) is 2. The van der Waals surface area contributed by atoms with Gasteiger partial charge in [0.05, 0.1) is 24.7 Å². The van der Waals surface area contributed by atoms with Gasteiger partial charge >= 0.3 is 0 Å². The number of nitrogens with two attached hydrogens (primary N) is 1. The third-order valence-corrected chi connectivity index (χ3v) is 2.87. The molecule has 4 nitrogen and oxygen atoms in total. The lowest BCUT2D eigenvalue weighted by atomic mass is 10.0. The van der Waals surface area contributed by atoms with Crippen molar-refractivity contribution in [1.29, 1.82) is 0 Å². The molecular formula is C15H19N3O. The van der Waals surface area contributed by atoms with Gasteiger partial charge in [-0.05, 0) is 23.6 Å². The number of rotatable bonds is 5. The molecule has 100 valence electrons. The van der Waals surface area contributed by atoms with Crippen LogP contribution in [0.5, 0.6) is 5.75 Å². The van der Waals surface area contributed by atoms with Crippen LogP contribution >= 0.6 is 0 Å². The van der Waals surface area contributed by atoms with E-state index >= 15 is 0 Å². The van der Waals surface area contributed by atoms with Crippen molar-refractivity contribution in [1.82, 2.24) is 9.97 Å². The third-order valence-electron chi connectivity index (χ3n) is 2.87. The number of anilines is 1. The van der Waals surface area contributed by atoms with Gasteiger partial charge in [0.1, 0.15) is 11.6 Å². The van der Waals surface area contributed by atoms with Crippen LogP contribution in [0.1, 0.15) is 31.2 Å². The Hall–Kier alpha value is -2.10. The molecule has 0 fully saturated rings. The largest absolute Gasteiger partial charge is 0.493 e. The molecule has 0 bridgehead atoms. The second-order valence-corrected chi connectivity index (χ2v) is 4.75. The summed E-state index contributed by atoms with van der Waals surface area (Å²) in [5.74, 6) is 2.16. The molecule has 0 spiro atoms. The van der Waals surface area contributed by atoms with Crippen molar-refractivity contribution in [3.8, 4) is 5.75 Å². The maximum Gasteiger partial charge on any atom is 0.131 e. The average molecular weight is 257 g/mol. The summed E-state index contributed by atoms with van der Waals surface area (Å²) in [5.41, 5.74) is 7.42. The van der Waals surface area contributed by atoms with Crippen molar-refractivity contribution in [2.24, 2.45) is 0 Å². The first-order chi connectivity index (χ1) is 9.15. The summed E-state index contributed by atoms with van der Waals surface area (Å²) in [6.07, 6.45) is 3.89. The Morgan fingerprint density at radius 2 is 1.74 bits per heavy atom. The molecule has 0 saturated carbocycles. The Bertz CT molecular complexity index is 506. The van der Waals surface area contributed by atoms with Crippen LogP contribution in [-0.4, -0.2) is 16.6 Å². The van der Waals surface area contributed by atoms with Crippen LogP contribution in [0.3, 0.4) is 0 Å². The monoisotopic (exact) mass is 257 g/mol. The van der Waals surface area contributed by atoms with Crippen LogP contribution < -0.4 is 10.5 Å². The molecule has 0 aliphatic carbocycles. The average Bonchev–Trinajstić information content (AvgIpc) is 2.41. The van der Waals surface area contributed by atoms with Crippen LogP contribution in [0.4, 0.5) is 5.69 Å². The Labute approximate surface area is 113 Å². The van der Waals surface area contributed by atoms with Gasteiger partial charge in [0, 0.05) is 6.42 Å². The first kappa shape index (κ1) is 13.3. The van der Waals surface area contributed by atoms with Crippen LogP contribution in [0.2, 0.25) is 0 Å². The fraction of sp³-hybridized carbons (Fsp3) is 0.333. The summed E-state index contributed by atoms with van der Waals surface area (Å²) < 4.78 is 5.66. The molecule has 0 aliphatic rings. The molecular weight excluding hydrogens is 238 g/mol. The lowest BCUT2D eigenvalue weighted by Crippen LogP contribution is -2.05. The van der Waals surface area contributed by atoms with Gasteiger partial charge in [-0.2, -0.15) is 0 Å². The maximum atomic E-state index is 5.66. The quantitative estimate of drug-likeness (QED) is 0.894. The molecule has 4 heteroatoms. The molecule has 19 heavy (non-hydrogen) atoms. The highest BCUT2D eigenvalue weighted by Gasteiger charge is 2.01. The zero-order chi connectivity index (χ0) is 13.7. The van der Waals surface area contributed by atoms with E-state index in [1.807, 2.05) is 12.1 Å². The molecule has 0 radical (unpaired) electrons. The number of hydrogen-bond donors (Lipinski definition) is 1. The standard InChI is InChI=1S/C15H19N3O/c1-11(2)12-3-5-14(6-4-12)19-8-7-15-17-9-13(16)10-18-15/h3-6,9-11H,7-8,16H2,1-2H3. The Kier molecular flexibility index (Phi) is 4.34. The molecule has 0 aliphatic heterocycles. The highest BCUT2D eigenvalue weighted by Crippen LogP contribution is 2.18. The second kappa shape index (κ2) is 6.18. The number of benzene rings is 1. The Balaban J connectivity index is 1.83. The smallest absolute Gasteiger partial charge is 0.131 e. The predicted octanol–water partition coefficient (Wildman–Crippen LogP) is 2.80. The van der Waals surface area contributed by atoms with E-state index in [0.717, 1.165) is 11.6 Å². The van der Waals surface area contributed by atoms with Gasteiger partial charge in [-0.15, -0.1) is 0 Å². The van der Waals surface area contributed by atoms with Crippen molar-refractivity contribution >= 4 is 5.69 Å². The molecule has 0 unspecified atom stereocenters. The number of ether oxygens (including phenoxy) is 1. The molecule has 1 aromatic heterocycles. The van der Waals surface area contributed by atoms with Gasteiger partial charge in [0.25, 0.3) is 0 Å². The normalized spacial score (nSPS) is 10.7. The van der Waals surface area contributed by atoms with E-state index in [0.29, 0.717) is 24.6 Å². The summed E-state index contributed by atoms with van der Waals surface area (Å²) >= 11 is 0. The molecule has 0 amide bonds. The van der Waals surface area contributed by atoms with Crippen molar-refractivity contribution < 1.29 is 4.74 Å². The highest BCUT2D eigenvalue weighted by molar-refractivity contribution is 5.30. The highest BCUT2D eigenvalue weighted by atomic mass is 16.5. The van der Waals surface area contributed by atoms with E-state index in [-0.39, 0.29) is 0 Å². The van der Waals surface area contributed by atoms with Crippen LogP contribution in [-0.2, 0) is 6.42 Å².